The van der Waals surface area contributed by atoms with Crippen LogP contribution in [-0.2, 0) is 0 Å². The van der Waals surface area contributed by atoms with E-state index in [-0.39, 0.29) is 0 Å². The summed E-state index contributed by atoms with van der Waals surface area (Å²) in [6.07, 6.45) is 0. The van der Waals surface area contributed by atoms with Crippen molar-refractivity contribution in [3.8, 4) is 50.6 Å². The standard InChI is InChI=1S/C58H36N2OS/c1-2-15-45-38(11-1)12-8-17-46(45)41-13-7-14-44(35-41)59(43-32-27-39(28-33-43)47-18-9-20-50-48-16-3-6-24-56(48)62-58(47)50)42-30-25-37(26-31-42)40-29-34-52-51(36-40)49-19-10-23-55-57(49)60(52)53-21-4-5-22-54(53)61-55/h1-36H. The van der Waals surface area contributed by atoms with Crippen molar-refractivity contribution in [2.24, 2.45) is 0 Å². The molecule has 0 amide bonds. The summed E-state index contributed by atoms with van der Waals surface area (Å²) >= 11 is 1.87. The van der Waals surface area contributed by atoms with Crippen LogP contribution in [0, 0.1) is 0 Å². The predicted octanol–water partition coefficient (Wildman–Crippen LogP) is 16.9. The Labute approximate surface area is 362 Å². The Kier molecular flexibility index (Phi) is 7.78. The van der Waals surface area contributed by atoms with Crippen LogP contribution in [0.1, 0.15) is 0 Å². The van der Waals surface area contributed by atoms with Crippen molar-refractivity contribution in [3.05, 3.63) is 218 Å². The van der Waals surface area contributed by atoms with E-state index in [1.54, 1.807) is 0 Å². The SMILES string of the molecule is c1cc(-c2cccc3ccccc23)cc(N(c2ccc(-c3ccc4c(c3)c3cccc5c3n4-c3ccccc3O5)cc2)c2ccc(-c3cccc4c3sc3ccccc34)cc2)c1. The van der Waals surface area contributed by atoms with E-state index in [9.17, 15) is 0 Å². The van der Waals surface area contributed by atoms with Crippen LogP contribution in [-0.4, -0.2) is 4.57 Å². The van der Waals surface area contributed by atoms with Crippen LogP contribution in [0.25, 0.3) is 91.8 Å². The summed E-state index contributed by atoms with van der Waals surface area (Å²) in [7, 11) is 0. The molecule has 0 atom stereocenters. The zero-order chi connectivity index (χ0) is 40.7. The third-order valence-corrected chi connectivity index (χ3v) is 13.8. The van der Waals surface area contributed by atoms with Gasteiger partial charge in [0.15, 0.2) is 11.5 Å². The molecule has 0 saturated heterocycles. The van der Waals surface area contributed by atoms with E-state index >= 15 is 0 Å². The molecule has 1 aliphatic heterocycles. The lowest BCUT2D eigenvalue weighted by Gasteiger charge is -2.26. The molecular formula is C58H36N2OS. The maximum absolute atomic E-state index is 6.39. The first-order chi connectivity index (χ1) is 30.7. The Morgan fingerprint density at radius 2 is 1.03 bits per heavy atom. The number of anilines is 3. The van der Waals surface area contributed by atoms with Gasteiger partial charge in [-0.15, -0.1) is 11.3 Å². The Morgan fingerprint density at radius 3 is 1.92 bits per heavy atom. The van der Waals surface area contributed by atoms with E-state index in [4.69, 9.17) is 4.74 Å². The first-order valence-corrected chi connectivity index (χ1v) is 21.9. The van der Waals surface area contributed by atoms with Gasteiger partial charge in [-0.3, -0.25) is 0 Å². The van der Waals surface area contributed by atoms with Gasteiger partial charge in [0.1, 0.15) is 0 Å². The molecule has 2 aromatic heterocycles. The van der Waals surface area contributed by atoms with Gasteiger partial charge in [-0.05, 0) is 117 Å². The second kappa shape index (κ2) is 13.8. The molecule has 0 radical (unpaired) electrons. The van der Waals surface area contributed by atoms with Crippen LogP contribution < -0.4 is 9.64 Å². The fraction of sp³-hybridized carbons (Fsp3) is 0. The molecule has 10 aromatic carbocycles. The van der Waals surface area contributed by atoms with Gasteiger partial charge in [-0.1, -0.05) is 146 Å². The zero-order valence-corrected chi connectivity index (χ0v) is 34.3. The fourth-order valence-electron chi connectivity index (χ4n) is 9.70. The molecule has 0 fully saturated rings. The topological polar surface area (TPSA) is 17.4 Å². The molecule has 62 heavy (non-hydrogen) atoms. The van der Waals surface area contributed by atoms with Crippen LogP contribution in [0.2, 0.25) is 0 Å². The Hall–Kier alpha value is -7.92. The quantitative estimate of drug-likeness (QED) is 0.166. The summed E-state index contributed by atoms with van der Waals surface area (Å²) in [5.74, 6) is 1.76. The van der Waals surface area contributed by atoms with Gasteiger partial charge < -0.3 is 14.2 Å². The average Bonchev–Trinajstić information content (AvgIpc) is 3.89. The lowest BCUT2D eigenvalue weighted by molar-refractivity contribution is 0.476. The summed E-state index contributed by atoms with van der Waals surface area (Å²) in [6.45, 7) is 0. The molecule has 290 valence electrons. The van der Waals surface area contributed by atoms with Gasteiger partial charge in [0.25, 0.3) is 0 Å². The van der Waals surface area contributed by atoms with Crippen molar-refractivity contribution in [3.63, 3.8) is 0 Å². The van der Waals surface area contributed by atoms with E-state index in [0.717, 1.165) is 45.3 Å². The van der Waals surface area contributed by atoms with Crippen LogP contribution in [0.3, 0.4) is 0 Å². The third kappa shape index (κ3) is 5.44. The minimum atomic E-state index is 0.875. The molecule has 0 saturated carbocycles. The minimum absolute atomic E-state index is 0.875. The van der Waals surface area contributed by atoms with Crippen molar-refractivity contribution in [2.75, 3.05) is 4.90 Å². The summed E-state index contributed by atoms with van der Waals surface area (Å²) < 4.78 is 11.4. The lowest BCUT2D eigenvalue weighted by atomic mass is 9.97. The summed E-state index contributed by atoms with van der Waals surface area (Å²) in [5.41, 5.74) is 13.8. The van der Waals surface area contributed by atoms with Gasteiger partial charge in [-0.25, -0.2) is 0 Å². The van der Waals surface area contributed by atoms with Crippen molar-refractivity contribution in [2.45, 2.75) is 0 Å². The molecule has 12 aromatic rings. The summed E-state index contributed by atoms with van der Waals surface area (Å²) in [6, 6.07) is 79.2. The van der Waals surface area contributed by atoms with E-state index in [1.807, 2.05) is 23.5 Å². The maximum atomic E-state index is 6.39. The molecule has 3 heterocycles. The number of para-hydroxylation sites is 3. The number of nitrogens with zero attached hydrogens (tertiary/aromatic N) is 2. The van der Waals surface area contributed by atoms with E-state index < -0.39 is 0 Å². The summed E-state index contributed by atoms with van der Waals surface area (Å²) in [5, 5.41) is 7.51. The second-order valence-electron chi connectivity index (χ2n) is 16.1. The average molecular weight is 809 g/mol. The van der Waals surface area contributed by atoms with Gasteiger partial charge in [0, 0.05) is 48.0 Å². The molecule has 0 spiro atoms. The number of hydrogen-bond donors (Lipinski definition) is 0. The highest BCUT2D eigenvalue weighted by atomic mass is 32.1. The summed E-state index contributed by atoms with van der Waals surface area (Å²) in [4.78, 5) is 2.38. The smallest absolute Gasteiger partial charge is 0.152 e. The first kappa shape index (κ1) is 34.9. The molecule has 4 heteroatoms. The van der Waals surface area contributed by atoms with Crippen LogP contribution in [0.15, 0.2) is 218 Å². The van der Waals surface area contributed by atoms with Crippen molar-refractivity contribution < 1.29 is 4.74 Å². The number of thiophene rings is 1. The van der Waals surface area contributed by atoms with Crippen molar-refractivity contribution in [1.29, 1.82) is 0 Å². The lowest BCUT2D eigenvalue weighted by Crippen LogP contribution is -2.10. The molecule has 0 unspecified atom stereocenters. The normalized spacial score (nSPS) is 12.0. The highest BCUT2D eigenvalue weighted by Gasteiger charge is 2.24. The van der Waals surface area contributed by atoms with Gasteiger partial charge in [0.05, 0.1) is 16.7 Å². The Balaban J connectivity index is 0.921. The number of rotatable bonds is 6. The van der Waals surface area contributed by atoms with E-state index in [0.29, 0.717) is 0 Å². The largest absolute Gasteiger partial charge is 0.453 e. The number of benzene rings is 10. The second-order valence-corrected chi connectivity index (χ2v) is 17.1. The first-order valence-electron chi connectivity index (χ1n) is 21.1. The van der Waals surface area contributed by atoms with Crippen LogP contribution in [0.5, 0.6) is 11.5 Å². The van der Waals surface area contributed by atoms with Crippen LogP contribution >= 0.6 is 11.3 Å². The highest BCUT2D eigenvalue weighted by Crippen LogP contribution is 2.47. The molecular weight excluding hydrogens is 773 g/mol. The Morgan fingerprint density at radius 1 is 0.387 bits per heavy atom. The van der Waals surface area contributed by atoms with E-state index in [2.05, 4.69) is 216 Å². The fourth-order valence-corrected chi connectivity index (χ4v) is 10.9. The Bertz CT molecular complexity index is 3720. The van der Waals surface area contributed by atoms with Gasteiger partial charge in [0.2, 0.25) is 0 Å². The highest BCUT2D eigenvalue weighted by molar-refractivity contribution is 7.26. The maximum Gasteiger partial charge on any atom is 0.152 e. The minimum Gasteiger partial charge on any atom is -0.453 e. The number of aromatic nitrogens is 1. The molecule has 13 rings (SSSR count). The van der Waals surface area contributed by atoms with E-state index in [1.165, 1.54) is 75.1 Å². The zero-order valence-electron chi connectivity index (χ0n) is 33.5. The number of fused-ring (bicyclic) bond motifs is 9. The molecule has 3 nitrogen and oxygen atoms in total. The third-order valence-electron chi connectivity index (χ3n) is 12.6. The monoisotopic (exact) mass is 808 g/mol. The van der Waals surface area contributed by atoms with Crippen LogP contribution in [0.4, 0.5) is 17.1 Å². The molecule has 0 aliphatic carbocycles. The molecule has 1 aliphatic rings. The molecule has 0 N–H and O–H groups in total. The number of ether oxygens (including phenoxy) is 1. The number of hydrogen-bond acceptors (Lipinski definition) is 3. The predicted molar refractivity (Wildman–Crippen MR) is 262 cm³/mol. The van der Waals surface area contributed by atoms with Gasteiger partial charge >= 0.3 is 0 Å². The van der Waals surface area contributed by atoms with Crippen molar-refractivity contribution in [1.82, 2.24) is 4.57 Å². The van der Waals surface area contributed by atoms with Gasteiger partial charge in [-0.2, -0.15) is 0 Å². The molecule has 0 bridgehead atoms. The van der Waals surface area contributed by atoms with Crippen molar-refractivity contribution >= 4 is 81.1 Å².